The zero-order valence-corrected chi connectivity index (χ0v) is 11.6. The van der Waals surface area contributed by atoms with Crippen LogP contribution in [0.4, 0.5) is 0 Å². The molecule has 1 N–H and O–H groups in total. The van der Waals surface area contributed by atoms with E-state index in [9.17, 15) is 0 Å². The van der Waals surface area contributed by atoms with E-state index in [1.165, 1.54) is 16.7 Å². The van der Waals surface area contributed by atoms with Crippen LogP contribution < -0.4 is 10.1 Å². The summed E-state index contributed by atoms with van der Waals surface area (Å²) in [5, 5.41) is 3.21. The SMILES string of the molecule is CCCOc1ccc(-c2ccccc2CNC)cc1. The van der Waals surface area contributed by atoms with Crippen LogP contribution >= 0.6 is 0 Å². The molecule has 2 aromatic carbocycles. The molecule has 19 heavy (non-hydrogen) atoms. The Balaban J connectivity index is 2.22. The highest BCUT2D eigenvalue weighted by atomic mass is 16.5. The Morgan fingerprint density at radius 3 is 2.42 bits per heavy atom. The predicted octanol–water partition coefficient (Wildman–Crippen LogP) is 3.86. The molecule has 2 nitrogen and oxygen atoms in total. The molecule has 100 valence electrons. The van der Waals surface area contributed by atoms with Gasteiger partial charge >= 0.3 is 0 Å². The van der Waals surface area contributed by atoms with Crippen LogP contribution in [-0.4, -0.2) is 13.7 Å². The molecule has 0 saturated heterocycles. The standard InChI is InChI=1S/C17H21NO/c1-3-12-19-16-10-8-14(9-11-16)17-7-5-4-6-15(17)13-18-2/h4-11,18H,3,12-13H2,1-2H3. The molecule has 0 radical (unpaired) electrons. The van der Waals surface area contributed by atoms with Crippen molar-refractivity contribution in [1.82, 2.24) is 5.32 Å². The molecular weight excluding hydrogens is 234 g/mol. The summed E-state index contributed by atoms with van der Waals surface area (Å²) in [5.41, 5.74) is 3.82. The first-order chi connectivity index (χ1) is 9.35. The van der Waals surface area contributed by atoms with Gasteiger partial charge in [0.15, 0.2) is 0 Å². The van der Waals surface area contributed by atoms with Crippen molar-refractivity contribution in [3.8, 4) is 16.9 Å². The molecule has 2 aromatic rings. The van der Waals surface area contributed by atoms with Crippen LogP contribution in [-0.2, 0) is 6.54 Å². The molecule has 0 fully saturated rings. The molecule has 2 heteroatoms. The second-order valence-corrected chi connectivity index (χ2v) is 4.56. The van der Waals surface area contributed by atoms with Crippen molar-refractivity contribution in [3.63, 3.8) is 0 Å². The van der Waals surface area contributed by atoms with E-state index < -0.39 is 0 Å². The lowest BCUT2D eigenvalue weighted by molar-refractivity contribution is 0.317. The Morgan fingerprint density at radius 2 is 1.74 bits per heavy atom. The smallest absolute Gasteiger partial charge is 0.119 e. The van der Waals surface area contributed by atoms with E-state index in [0.29, 0.717) is 0 Å². The summed E-state index contributed by atoms with van der Waals surface area (Å²) in [6.45, 7) is 3.77. The molecule has 0 heterocycles. The van der Waals surface area contributed by atoms with Crippen molar-refractivity contribution in [2.45, 2.75) is 19.9 Å². The Kier molecular flexibility index (Phi) is 4.99. The van der Waals surface area contributed by atoms with Gasteiger partial charge in [-0.3, -0.25) is 0 Å². The first-order valence-electron chi connectivity index (χ1n) is 6.81. The van der Waals surface area contributed by atoms with Gasteiger partial charge in [-0.15, -0.1) is 0 Å². The summed E-state index contributed by atoms with van der Waals surface area (Å²) in [6.07, 6.45) is 1.03. The van der Waals surface area contributed by atoms with Gasteiger partial charge < -0.3 is 10.1 Å². The summed E-state index contributed by atoms with van der Waals surface area (Å²) in [5.74, 6) is 0.941. The van der Waals surface area contributed by atoms with Crippen molar-refractivity contribution < 1.29 is 4.74 Å². The maximum atomic E-state index is 5.61. The number of hydrogen-bond acceptors (Lipinski definition) is 2. The highest BCUT2D eigenvalue weighted by Crippen LogP contribution is 2.25. The fourth-order valence-corrected chi connectivity index (χ4v) is 2.10. The Morgan fingerprint density at radius 1 is 1.00 bits per heavy atom. The van der Waals surface area contributed by atoms with Gasteiger partial charge in [0, 0.05) is 6.54 Å². The molecule has 0 atom stereocenters. The van der Waals surface area contributed by atoms with E-state index in [0.717, 1.165) is 25.3 Å². The Bertz CT molecular complexity index is 505. The van der Waals surface area contributed by atoms with E-state index >= 15 is 0 Å². The second kappa shape index (κ2) is 6.95. The lowest BCUT2D eigenvalue weighted by Gasteiger charge is -2.10. The number of rotatable bonds is 6. The third-order valence-electron chi connectivity index (χ3n) is 3.02. The van der Waals surface area contributed by atoms with Crippen molar-refractivity contribution in [1.29, 1.82) is 0 Å². The number of hydrogen-bond donors (Lipinski definition) is 1. The largest absolute Gasteiger partial charge is 0.494 e. The summed E-state index contributed by atoms with van der Waals surface area (Å²) < 4.78 is 5.61. The molecular formula is C17H21NO. The zero-order valence-electron chi connectivity index (χ0n) is 11.6. The van der Waals surface area contributed by atoms with E-state index in [-0.39, 0.29) is 0 Å². The van der Waals surface area contributed by atoms with Crippen LogP contribution in [0.1, 0.15) is 18.9 Å². The molecule has 0 saturated carbocycles. The minimum Gasteiger partial charge on any atom is -0.494 e. The van der Waals surface area contributed by atoms with Gasteiger partial charge in [0.2, 0.25) is 0 Å². The fourth-order valence-electron chi connectivity index (χ4n) is 2.10. The fraction of sp³-hybridized carbons (Fsp3) is 0.294. The average Bonchev–Trinajstić information content (AvgIpc) is 2.47. The maximum absolute atomic E-state index is 5.61. The highest BCUT2D eigenvalue weighted by molar-refractivity contribution is 5.67. The van der Waals surface area contributed by atoms with Crippen LogP contribution in [0.2, 0.25) is 0 Å². The van der Waals surface area contributed by atoms with Crippen LogP contribution in [0.3, 0.4) is 0 Å². The van der Waals surface area contributed by atoms with E-state index in [1.54, 1.807) is 0 Å². The second-order valence-electron chi connectivity index (χ2n) is 4.56. The van der Waals surface area contributed by atoms with Crippen molar-refractivity contribution in [2.75, 3.05) is 13.7 Å². The normalized spacial score (nSPS) is 10.4. The third kappa shape index (κ3) is 3.58. The van der Waals surface area contributed by atoms with Gasteiger partial charge in [-0.1, -0.05) is 43.3 Å². The molecule has 0 unspecified atom stereocenters. The number of benzene rings is 2. The third-order valence-corrected chi connectivity index (χ3v) is 3.02. The van der Waals surface area contributed by atoms with E-state index in [4.69, 9.17) is 4.74 Å². The molecule has 0 bridgehead atoms. The van der Waals surface area contributed by atoms with Crippen LogP contribution in [0, 0.1) is 0 Å². The summed E-state index contributed by atoms with van der Waals surface area (Å²) >= 11 is 0. The van der Waals surface area contributed by atoms with E-state index in [2.05, 4.69) is 48.6 Å². The van der Waals surface area contributed by atoms with Crippen molar-refractivity contribution in [2.24, 2.45) is 0 Å². The summed E-state index contributed by atoms with van der Waals surface area (Å²) in [4.78, 5) is 0. The summed E-state index contributed by atoms with van der Waals surface area (Å²) in [7, 11) is 1.97. The average molecular weight is 255 g/mol. The molecule has 0 spiro atoms. The van der Waals surface area contributed by atoms with Crippen LogP contribution in [0.15, 0.2) is 48.5 Å². The Labute approximate surface area is 115 Å². The minimum absolute atomic E-state index is 0.774. The molecule has 2 rings (SSSR count). The summed E-state index contributed by atoms with van der Waals surface area (Å²) in [6, 6.07) is 16.8. The van der Waals surface area contributed by atoms with Gasteiger partial charge in [0.05, 0.1) is 6.61 Å². The lowest BCUT2D eigenvalue weighted by atomic mass is 9.99. The van der Waals surface area contributed by atoms with Gasteiger partial charge in [0.25, 0.3) is 0 Å². The molecule has 0 amide bonds. The number of nitrogens with one attached hydrogen (secondary N) is 1. The maximum Gasteiger partial charge on any atom is 0.119 e. The highest BCUT2D eigenvalue weighted by Gasteiger charge is 2.04. The first-order valence-corrected chi connectivity index (χ1v) is 6.81. The minimum atomic E-state index is 0.774. The van der Waals surface area contributed by atoms with E-state index in [1.807, 2.05) is 19.2 Å². The van der Waals surface area contributed by atoms with Gasteiger partial charge in [-0.05, 0) is 42.3 Å². The van der Waals surface area contributed by atoms with Crippen molar-refractivity contribution in [3.05, 3.63) is 54.1 Å². The lowest BCUT2D eigenvalue weighted by Crippen LogP contribution is -2.06. The van der Waals surface area contributed by atoms with Crippen LogP contribution in [0.25, 0.3) is 11.1 Å². The topological polar surface area (TPSA) is 21.3 Å². The molecule has 0 aliphatic heterocycles. The molecule has 0 aliphatic carbocycles. The van der Waals surface area contributed by atoms with Crippen LogP contribution in [0.5, 0.6) is 5.75 Å². The van der Waals surface area contributed by atoms with Gasteiger partial charge in [-0.2, -0.15) is 0 Å². The monoisotopic (exact) mass is 255 g/mol. The Hall–Kier alpha value is -1.80. The molecule has 0 aliphatic rings. The van der Waals surface area contributed by atoms with Crippen molar-refractivity contribution >= 4 is 0 Å². The first kappa shape index (κ1) is 13.6. The zero-order chi connectivity index (χ0) is 13.5. The van der Waals surface area contributed by atoms with Gasteiger partial charge in [-0.25, -0.2) is 0 Å². The van der Waals surface area contributed by atoms with Gasteiger partial charge in [0.1, 0.15) is 5.75 Å². The molecule has 0 aromatic heterocycles. The predicted molar refractivity (Wildman–Crippen MR) is 80.4 cm³/mol. The number of ether oxygens (including phenoxy) is 1. The quantitative estimate of drug-likeness (QED) is 0.846.